The Morgan fingerprint density at radius 3 is 1.87 bits per heavy atom. The number of carbonyl (C=O) groups excluding carboxylic acids is 1. The highest BCUT2D eigenvalue weighted by atomic mass is 19.1. The summed E-state index contributed by atoms with van der Waals surface area (Å²) >= 11 is 0. The van der Waals surface area contributed by atoms with E-state index in [2.05, 4.69) is 6.92 Å². The van der Waals surface area contributed by atoms with Gasteiger partial charge in [-0.25, -0.2) is 4.39 Å². The van der Waals surface area contributed by atoms with Crippen molar-refractivity contribution in [1.29, 1.82) is 0 Å². The number of hydrogen-bond acceptors (Lipinski definition) is 4. The van der Waals surface area contributed by atoms with Gasteiger partial charge in [-0.15, -0.1) is 0 Å². The maximum atomic E-state index is 11.7. The Kier molecular flexibility index (Phi) is 18.8. The summed E-state index contributed by atoms with van der Waals surface area (Å²) < 4.78 is 26.9. The van der Waals surface area contributed by atoms with Crippen molar-refractivity contribution in [2.75, 3.05) is 39.7 Å². The summed E-state index contributed by atoms with van der Waals surface area (Å²) in [4.78, 5) is 11.5. The van der Waals surface area contributed by atoms with Crippen LogP contribution in [-0.4, -0.2) is 45.7 Å². The molecular weight excluding hydrogens is 299 g/mol. The van der Waals surface area contributed by atoms with E-state index in [1.165, 1.54) is 44.9 Å². The second-order valence-corrected chi connectivity index (χ2v) is 5.71. The maximum Gasteiger partial charge on any atom is 0.305 e. The molecule has 0 aliphatic heterocycles. The molecule has 4 nitrogen and oxygen atoms in total. The molecule has 0 spiro atoms. The molecule has 0 unspecified atom stereocenters. The summed E-state index contributed by atoms with van der Waals surface area (Å²) in [6.07, 6.45) is 11.6. The molecule has 0 N–H and O–H groups in total. The third-order valence-corrected chi connectivity index (χ3v) is 3.57. The van der Waals surface area contributed by atoms with Gasteiger partial charge >= 0.3 is 5.97 Å². The summed E-state index contributed by atoms with van der Waals surface area (Å²) in [6.45, 7) is 3.27. The van der Waals surface area contributed by atoms with Crippen LogP contribution in [0.5, 0.6) is 0 Å². The van der Waals surface area contributed by atoms with Gasteiger partial charge in [-0.3, -0.25) is 4.79 Å². The maximum absolute atomic E-state index is 11.7. The van der Waals surface area contributed by atoms with Crippen molar-refractivity contribution in [3.05, 3.63) is 0 Å². The fourth-order valence-electron chi connectivity index (χ4n) is 2.24. The third-order valence-electron chi connectivity index (χ3n) is 3.57. The monoisotopic (exact) mass is 334 g/mol. The zero-order valence-corrected chi connectivity index (χ0v) is 14.8. The molecule has 0 fully saturated rings. The first-order valence-corrected chi connectivity index (χ1v) is 9.18. The molecule has 0 rings (SSSR count). The number of ether oxygens (including phenoxy) is 3. The minimum absolute atomic E-state index is 0.108. The average molecular weight is 334 g/mol. The summed E-state index contributed by atoms with van der Waals surface area (Å²) in [5.74, 6) is -0.148. The lowest BCUT2D eigenvalue weighted by molar-refractivity contribution is -0.145. The van der Waals surface area contributed by atoms with E-state index in [1.54, 1.807) is 0 Å². The zero-order valence-electron chi connectivity index (χ0n) is 14.8. The summed E-state index contributed by atoms with van der Waals surface area (Å²) in [7, 11) is 0. The predicted molar refractivity (Wildman–Crippen MR) is 90.4 cm³/mol. The van der Waals surface area contributed by atoms with Crippen molar-refractivity contribution in [1.82, 2.24) is 0 Å². The Morgan fingerprint density at radius 1 is 0.739 bits per heavy atom. The van der Waals surface area contributed by atoms with Crippen LogP contribution in [0.3, 0.4) is 0 Å². The molecule has 0 amide bonds. The van der Waals surface area contributed by atoms with E-state index in [9.17, 15) is 9.18 Å². The van der Waals surface area contributed by atoms with Crippen LogP contribution in [-0.2, 0) is 19.0 Å². The van der Waals surface area contributed by atoms with E-state index in [1.807, 2.05) is 0 Å². The van der Waals surface area contributed by atoms with Gasteiger partial charge in [0.15, 0.2) is 0 Å². The molecule has 0 aliphatic rings. The average Bonchev–Trinajstić information content (AvgIpc) is 2.56. The minimum atomic E-state index is -0.476. The van der Waals surface area contributed by atoms with Crippen LogP contribution in [0.4, 0.5) is 4.39 Å². The standard InChI is InChI=1S/C18H35FO4/c1-2-3-4-5-6-7-8-9-10-11-18(20)23-17-16-22-15-14-21-13-12-19/h2-17H2,1H3. The molecule has 0 aromatic carbocycles. The van der Waals surface area contributed by atoms with Gasteiger partial charge in [0.2, 0.25) is 0 Å². The van der Waals surface area contributed by atoms with Crippen molar-refractivity contribution in [2.24, 2.45) is 0 Å². The van der Waals surface area contributed by atoms with E-state index >= 15 is 0 Å². The van der Waals surface area contributed by atoms with E-state index in [4.69, 9.17) is 14.2 Å². The third kappa shape index (κ3) is 19.3. The number of hydrogen-bond donors (Lipinski definition) is 0. The number of alkyl halides is 1. The van der Waals surface area contributed by atoms with Crippen LogP contribution in [0.1, 0.15) is 71.1 Å². The van der Waals surface area contributed by atoms with Gasteiger partial charge in [-0.2, -0.15) is 0 Å². The SMILES string of the molecule is CCCCCCCCCCCC(=O)OCCOCCOCCF. The van der Waals surface area contributed by atoms with E-state index in [-0.39, 0.29) is 19.2 Å². The van der Waals surface area contributed by atoms with Crippen LogP contribution >= 0.6 is 0 Å². The Labute approximate surface area is 141 Å². The highest BCUT2D eigenvalue weighted by Gasteiger charge is 2.02. The van der Waals surface area contributed by atoms with Crippen LogP contribution < -0.4 is 0 Å². The molecule has 0 aromatic rings. The second-order valence-electron chi connectivity index (χ2n) is 5.71. The molecule has 5 heteroatoms. The second kappa shape index (κ2) is 19.4. The lowest BCUT2D eigenvalue weighted by Gasteiger charge is -2.06. The molecule has 0 radical (unpaired) electrons. The molecule has 0 saturated heterocycles. The molecule has 0 saturated carbocycles. The molecule has 138 valence electrons. The number of carbonyl (C=O) groups is 1. The van der Waals surface area contributed by atoms with Gasteiger partial charge in [-0.05, 0) is 6.42 Å². The summed E-state index contributed by atoms with van der Waals surface area (Å²) in [5.41, 5.74) is 0. The molecule has 0 bridgehead atoms. The van der Waals surface area contributed by atoms with Crippen LogP contribution in [0.25, 0.3) is 0 Å². The molecule has 0 atom stereocenters. The minimum Gasteiger partial charge on any atom is -0.463 e. The predicted octanol–water partition coefficient (Wildman–Crippen LogP) is 4.45. The van der Waals surface area contributed by atoms with Crippen molar-refractivity contribution >= 4 is 5.97 Å². The lowest BCUT2D eigenvalue weighted by Crippen LogP contribution is -2.13. The van der Waals surface area contributed by atoms with Crippen molar-refractivity contribution in [2.45, 2.75) is 71.1 Å². The number of unbranched alkanes of at least 4 members (excludes halogenated alkanes) is 8. The lowest BCUT2D eigenvalue weighted by atomic mass is 10.1. The van der Waals surface area contributed by atoms with Crippen molar-refractivity contribution in [3.8, 4) is 0 Å². The number of halogens is 1. The zero-order chi connectivity index (χ0) is 17.0. The van der Waals surface area contributed by atoms with Crippen LogP contribution in [0.2, 0.25) is 0 Å². The first-order valence-electron chi connectivity index (χ1n) is 9.18. The van der Waals surface area contributed by atoms with Crippen molar-refractivity contribution in [3.63, 3.8) is 0 Å². The van der Waals surface area contributed by atoms with Gasteiger partial charge in [-0.1, -0.05) is 58.3 Å². The highest BCUT2D eigenvalue weighted by Crippen LogP contribution is 2.10. The van der Waals surface area contributed by atoms with E-state index < -0.39 is 6.67 Å². The highest BCUT2D eigenvalue weighted by molar-refractivity contribution is 5.69. The van der Waals surface area contributed by atoms with Gasteiger partial charge in [0.1, 0.15) is 13.3 Å². The largest absolute Gasteiger partial charge is 0.463 e. The van der Waals surface area contributed by atoms with Crippen LogP contribution in [0.15, 0.2) is 0 Å². The van der Waals surface area contributed by atoms with Crippen molar-refractivity contribution < 1.29 is 23.4 Å². The normalized spacial score (nSPS) is 10.9. The van der Waals surface area contributed by atoms with E-state index in [0.717, 1.165) is 12.8 Å². The van der Waals surface area contributed by atoms with Crippen LogP contribution in [0, 0.1) is 0 Å². The fourth-order valence-corrected chi connectivity index (χ4v) is 2.24. The quantitative estimate of drug-likeness (QED) is 0.274. The number of rotatable bonds is 18. The number of esters is 1. The topological polar surface area (TPSA) is 44.8 Å². The Bertz CT molecular complexity index is 249. The fraction of sp³-hybridized carbons (Fsp3) is 0.944. The van der Waals surface area contributed by atoms with Gasteiger partial charge in [0, 0.05) is 6.42 Å². The molecule has 23 heavy (non-hydrogen) atoms. The van der Waals surface area contributed by atoms with Gasteiger partial charge in [0.05, 0.1) is 26.4 Å². The first kappa shape index (κ1) is 22.3. The summed E-state index contributed by atoms with van der Waals surface area (Å²) in [6, 6.07) is 0. The Balaban J connectivity index is 3.13. The van der Waals surface area contributed by atoms with Gasteiger partial charge in [0.25, 0.3) is 0 Å². The summed E-state index contributed by atoms with van der Waals surface area (Å²) in [5, 5.41) is 0. The smallest absolute Gasteiger partial charge is 0.305 e. The first-order chi connectivity index (χ1) is 11.3. The molecule has 0 heterocycles. The molecule has 0 aromatic heterocycles. The Hall–Kier alpha value is -0.680. The Morgan fingerprint density at radius 2 is 1.26 bits per heavy atom. The molecular formula is C18H35FO4. The van der Waals surface area contributed by atoms with E-state index in [0.29, 0.717) is 26.2 Å². The molecule has 0 aliphatic carbocycles. The van der Waals surface area contributed by atoms with Gasteiger partial charge < -0.3 is 14.2 Å².